The van der Waals surface area contributed by atoms with Gasteiger partial charge in [0, 0.05) is 5.88 Å². The second-order valence-corrected chi connectivity index (χ2v) is 9.52. The number of hydrogen-bond donors (Lipinski definition) is 0. The van der Waals surface area contributed by atoms with Crippen LogP contribution in [-0.2, 0) is 0 Å². The molecule has 0 aliphatic heterocycles. The molecule has 0 saturated heterocycles. The minimum atomic E-state index is 0.686. The average Bonchev–Trinajstić information content (AvgIpc) is 2.69. The van der Waals surface area contributed by atoms with Crippen molar-refractivity contribution in [2.45, 2.75) is 156 Å². The van der Waals surface area contributed by atoms with Crippen LogP contribution in [0.2, 0.25) is 0 Å². The van der Waals surface area contributed by atoms with Crippen molar-refractivity contribution in [3.05, 3.63) is 0 Å². The monoisotopic (exact) mass is 400 g/mol. The highest BCUT2D eigenvalue weighted by Gasteiger charge is 2.27. The van der Waals surface area contributed by atoms with Crippen LogP contribution in [0.15, 0.2) is 0 Å². The van der Waals surface area contributed by atoms with Gasteiger partial charge in [-0.25, -0.2) is 0 Å². The molecular formula is C26H53Cl. The van der Waals surface area contributed by atoms with Gasteiger partial charge in [0.05, 0.1) is 0 Å². The first kappa shape index (κ1) is 27.3. The fraction of sp³-hybridized carbons (Fsp3) is 1.00. The van der Waals surface area contributed by atoms with Crippen LogP contribution in [0.25, 0.3) is 0 Å². The van der Waals surface area contributed by atoms with Crippen LogP contribution in [0.3, 0.4) is 0 Å². The van der Waals surface area contributed by atoms with E-state index in [0.29, 0.717) is 5.41 Å². The molecule has 0 aromatic rings. The Morgan fingerprint density at radius 3 is 1.04 bits per heavy atom. The van der Waals surface area contributed by atoms with Crippen LogP contribution in [-0.4, -0.2) is 5.88 Å². The smallest absolute Gasteiger partial charge is 0.0223 e. The maximum Gasteiger partial charge on any atom is 0.0223 e. The van der Waals surface area contributed by atoms with Gasteiger partial charge in [0.1, 0.15) is 0 Å². The summed E-state index contributed by atoms with van der Waals surface area (Å²) in [6, 6.07) is 0. The molecule has 0 aromatic carbocycles. The van der Waals surface area contributed by atoms with Crippen LogP contribution in [0.1, 0.15) is 156 Å². The van der Waals surface area contributed by atoms with E-state index in [0.717, 1.165) is 5.88 Å². The van der Waals surface area contributed by atoms with Gasteiger partial charge in [-0.1, -0.05) is 124 Å². The van der Waals surface area contributed by atoms with E-state index in [-0.39, 0.29) is 0 Å². The molecule has 0 saturated carbocycles. The number of hydrogen-bond acceptors (Lipinski definition) is 0. The zero-order valence-corrected chi connectivity index (χ0v) is 20.2. The second kappa shape index (κ2) is 21.0. The molecule has 0 nitrogen and oxygen atoms in total. The molecule has 27 heavy (non-hydrogen) atoms. The van der Waals surface area contributed by atoms with Crippen LogP contribution in [0.4, 0.5) is 0 Å². The molecule has 0 radical (unpaired) electrons. The highest BCUT2D eigenvalue weighted by molar-refractivity contribution is 6.17. The molecule has 0 atom stereocenters. The predicted molar refractivity (Wildman–Crippen MR) is 127 cm³/mol. The Kier molecular flexibility index (Phi) is 21.2. The quantitative estimate of drug-likeness (QED) is 0.125. The Hall–Kier alpha value is 0.290. The van der Waals surface area contributed by atoms with Crippen LogP contribution in [0, 0.1) is 5.41 Å². The summed E-state index contributed by atoms with van der Waals surface area (Å²) < 4.78 is 0. The van der Waals surface area contributed by atoms with Crippen molar-refractivity contribution in [1.29, 1.82) is 0 Å². The van der Waals surface area contributed by atoms with Gasteiger partial charge < -0.3 is 0 Å². The third-order valence-electron chi connectivity index (χ3n) is 6.52. The fourth-order valence-corrected chi connectivity index (χ4v) is 4.78. The first-order valence-corrected chi connectivity index (χ1v) is 13.3. The minimum absolute atomic E-state index is 0.686. The molecule has 0 N–H and O–H groups in total. The normalized spacial score (nSPS) is 12.0. The van der Waals surface area contributed by atoms with Gasteiger partial charge in [0.15, 0.2) is 0 Å². The highest BCUT2D eigenvalue weighted by atomic mass is 35.5. The topological polar surface area (TPSA) is 0 Å². The zero-order valence-electron chi connectivity index (χ0n) is 19.4. The van der Waals surface area contributed by atoms with Crippen molar-refractivity contribution >= 4 is 11.6 Å². The van der Waals surface area contributed by atoms with Gasteiger partial charge >= 0.3 is 0 Å². The third-order valence-corrected chi connectivity index (χ3v) is 6.79. The first-order valence-electron chi connectivity index (χ1n) is 12.8. The summed E-state index contributed by atoms with van der Waals surface area (Å²) in [4.78, 5) is 0. The van der Waals surface area contributed by atoms with Crippen molar-refractivity contribution < 1.29 is 0 Å². The predicted octanol–water partition coefficient (Wildman–Crippen LogP) is 10.5. The molecule has 0 amide bonds. The zero-order chi connectivity index (χ0) is 20.1. The van der Waals surface area contributed by atoms with Crippen molar-refractivity contribution in [3.63, 3.8) is 0 Å². The van der Waals surface area contributed by atoms with Gasteiger partial charge in [0.25, 0.3) is 0 Å². The molecule has 0 aromatic heterocycles. The largest absolute Gasteiger partial charge is 0.127 e. The Balaban J connectivity index is 3.89. The lowest BCUT2D eigenvalue weighted by Gasteiger charge is -2.35. The second-order valence-electron chi connectivity index (χ2n) is 9.14. The molecule has 0 aliphatic rings. The molecule has 0 aliphatic carbocycles. The highest BCUT2D eigenvalue weighted by Crippen LogP contribution is 2.41. The number of rotatable bonds is 22. The number of halogens is 1. The van der Waals surface area contributed by atoms with E-state index in [1.807, 2.05) is 0 Å². The summed E-state index contributed by atoms with van der Waals surface area (Å²) >= 11 is 5.73. The molecule has 0 bridgehead atoms. The lowest BCUT2D eigenvalue weighted by atomic mass is 9.71. The van der Waals surface area contributed by atoms with Crippen LogP contribution < -0.4 is 0 Å². The van der Waals surface area contributed by atoms with Gasteiger partial charge in [-0.15, -0.1) is 11.6 Å². The molecule has 1 heteroatoms. The summed E-state index contributed by atoms with van der Waals surface area (Å²) in [7, 11) is 0. The van der Waals surface area contributed by atoms with Crippen LogP contribution in [0.5, 0.6) is 0 Å². The van der Waals surface area contributed by atoms with Crippen molar-refractivity contribution in [2.24, 2.45) is 5.41 Å². The van der Waals surface area contributed by atoms with E-state index in [1.54, 1.807) is 0 Å². The van der Waals surface area contributed by atoms with E-state index in [9.17, 15) is 0 Å². The Labute approximate surface area is 178 Å². The lowest BCUT2D eigenvalue weighted by molar-refractivity contribution is 0.175. The summed E-state index contributed by atoms with van der Waals surface area (Å²) in [6.45, 7) is 7.09. The van der Waals surface area contributed by atoms with E-state index >= 15 is 0 Å². The Morgan fingerprint density at radius 1 is 0.407 bits per heavy atom. The summed E-state index contributed by atoms with van der Waals surface area (Å²) in [6.07, 6.45) is 30.0. The maximum atomic E-state index is 5.73. The molecule has 0 fully saturated rings. The molecule has 0 spiro atoms. The van der Waals surface area contributed by atoms with Crippen molar-refractivity contribution in [2.75, 3.05) is 5.88 Å². The van der Waals surface area contributed by atoms with E-state index in [1.165, 1.54) is 135 Å². The standard InChI is InChI=1S/C26H53Cl/c1-4-7-21-26(22-8-5-2,23-9-6-3)24-19-17-15-13-11-10-12-14-16-18-20-25-27/h4-25H2,1-3H3. The molecule has 164 valence electrons. The third kappa shape index (κ3) is 16.9. The summed E-state index contributed by atoms with van der Waals surface area (Å²) in [5.74, 6) is 0.844. The van der Waals surface area contributed by atoms with E-state index in [2.05, 4.69) is 20.8 Å². The van der Waals surface area contributed by atoms with Crippen molar-refractivity contribution in [1.82, 2.24) is 0 Å². The molecule has 0 rings (SSSR count). The lowest BCUT2D eigenvalue weighted by Crippen LogP contribution is -2.21. The Bertz CT molecular complexity index is 252. The number of alkyl halides is 1. The summed E-state index contributed by atoms with van der Waals surface area (Å²) in [5.41, 5.74) is 0.686. The molecule has 0 heterocycles. The average molecular weight is 401 g/mol. The number of unbranched alkanes of at least 4 members (excludes halogenated alkanes) is 13. The van der Waals surface area contributed by atoms with E-state index in [4.69, 9.17) is 11.6 Å². The van der Waals surface area contributed by atoms with Crippen molar-refractivity contribution in [3.8, 4) is 0 Å². The van der Waals surface area contributed by atoms with Gasteiger partial charge in [-0.3, -0.25) is 0 Å². The Morgan fingerprint density at radius 2 is 0.704 bits per heavy atom. The van der Waals surface area contributed by atoms with Gasteiger partial charge in [-0.2, -0.15) is 0 Å². The SMILES string of the molecule is CCCCC(CCCC)(CCCC)CCCCCCCCCCCCCCl. The molecular weight excluding hydrogens is 348 g/mol. The summed E-state index contributed by atoms with van der Waals surface area (Å²) in [5, 5.41) is 0. The van der Waals surface area contributed by atoms with Gasteiger partial charge in [-0.05, 0) is 37.5 Å². The maximum absolute atomic E-state index is 5.73. The first-order chi connectivity index (χ1) is 13.2. The van der Waals surface area contributed by atoms with Crippen LogP contribution >= 0.6 is 11.6 Å². The van der Waals surface area contributed by atoms with E-state index < -0.39 is 0 Å². The minimum Gasteiger partial charge on any atom is -0.127 e. The fourth-order valence-electron chi connectivity index (χ4n) is 4.59. The molecule has 0 unspecified atom stereocenters. The van der Waals surface area contributed by atoms with Gasteiger partial charge in [0.2, 0.25) is 0 Å².